The van der Waals surface area contributed by atoms with E-state index in [0.717, 1.165) is 0 Å². The van der Waals surface area contributed by atoms with Crippen molar-refractivity contribution in [3.8, 4) is 11.5 Å². The minimum Gasteiger partial charge on any atom is -0.493 e. The summed E-state index contributed by atoms with van der Waals surface area (Å²) in [6.07, 6.45) is 0.150. The Balaban J connectivity index is 2.03. The molecule has 1 aliphatic rings. The second-order valence-electron chi connectivity index (χ2n) is 6.42. The fourth-order valence-electron chi connectivity index (χ4n) is 2.67. The van der Waals surface area contributed by atoms with Crippen LogP contribution in [-0.4, -0.2) is 67.7 Å². The van der Waals surface area contributed by atoms with Gasteiger partial charge in [-0.1, -0.05) is 0 Å². The molecule has 1 unspecified atom stereocenters. The standard InChI is InChI=1S/C17H25N3O6/c1-17(9-21,10-22)19-16(24)18-11-6-15(23)20(8-11)12-4-5-13(25-2)14(7-12)26-3/h4-5,7,11,21-22H,6,8-10H2,1-3H3,(H2,18,19,24). The highest BCUT2D eigenvalue weighted by atomic mass is 16.5. The summed E-state index contributed by atoms with van der Waals surface area (Å²) in [5.74, 6) is 0.937. The number of carbonyl (C=O) groups is 2. The zero-order valence-electron chi connectivity index (χ0n) is 15.1. The molecule has 0 bridgehead atoms. The lowest BCUT2D eigenvalue weighted by atomic mass is 10.1. The fourth-order valence-corrected chi connectivity index (χ4v) is 2.67. The Labute approximate surface area is 151 Å². The van der Waals surface area contributed by atoms with Gasteiger partial charge >= 0.3 is 6.03 Å². The molecule has 0 spiro atoms. The lowest BCUT2D eigenvalue weighted by Crippen LogP contribution is -2.56. The molecule has 0 saturated carbocycles. The molecule has 9 nitrogen and oxygen atoms in total. The van der Waals surface area contributed by atoms with Gasteiger partial charge in [-0.05, 0) is 19.1 Å². The summed E-state index contributed by atoms with van der Waals surface area (Å²) in [7, 11) is 3.05. The molecular formula is C17H25N3O6. The Kier molecular flexibility index (Phi) is 6.27. The van der Waals surface area contributed by atoms with Crippen molar-refractivity contribution in [2.45, 2.75) is 24.9 Å². The van der Waals surface area contributed by atoms with E-state index < -0.39 is 30.8 Å². The third kappa shape index (κ3) is 4.36. The van der Waals surface area contributed by atoms with Crippen molar-refractivity contribution >= 4 is 17.6 Å². The van der Waals surface area contributed by atoms with Gasteiger partial charge < -0.3 is 35.2 Å². The molecule has 4 N–H and O–H groups in total. The van der Waals surface area contributed by atoms with E-state index in [1.54, 1.807) is 23.1 Å². The predicted molar refractivity (Wildman–Crippen MR) is 94.5 cm³/mol. The second-order valence-corrected chi connectivity index (χ2v) is 6.42. The first-order chi connectivity index (χ1) is 12.4. The number of urea groups is 1. The summed E-state index contributed by atoms with van der Waals surface area (Å²) < 4.78 is 10.4. The molecule has 1 aromatic carbocycles. The van der Waals surface area contributed by atoms with E-state index in [0.29, 0.717) is 23.7 Å². The fraction of sp³-hybridized carbons (Fsp3) is 0.529. The maximum Gasteiger partial charge on any atom is 0.315 e. The molecule has 1 atom stereocenters. The Hall–Kier alpha value is -2.52. The quantitative estimate of drug-likeness (QED) is 0.532. The molecule has 9 heteroatoms. The first kappa shape index (κ1) is 19.8. The number of nitrogens with one attached hydrogen (secondary N) is 2. The highest BCUT2D eigenvalue weighted by Crippen LogP contribution is 2.33. The molecule has 0 aromatic heterocycles. The van der Waals surface area contributed by atoms with Crippen LogP contribution in [0.2, 0.25) is 0 Å². The van der Waals surface area contributed by atoms with Crippen LogP contribution in [0.4, 0.5) is 10.5 Å². The van der Waals surface area contributed by atoms with E-state index in [1.165, 1.54) is 21.1 Å². The van der Waals surface area contributed by atoms with Crippen molar-refractivity contribution in [1.82, 2.24) is 10.6 Å². The second kappa shape index (κ2) is 8.24. The van der Waals surface area contributed by atoms with Gasteiger partial charge in [0.1, 0.15) is 0 Å². The van der Waals surface area contributed by atoms with Crippen LogP contribution in [-0.2, 0) is 4.79 Å². The van der Waals surface area contributed by atoms with Crippen LogP contribution < -0.4 is 25.0 Å². The molecule has 1 aliphatic heterocycles. The average Bonchev–Trinajstić information content (AvgIpc) is 3.00. The van der Waals surface area contributed by atoms with E-state index in [2.05, 4.69) is 10.6 Å². The summed E-state index contributed by atoms with van der Waals surface area (Å²) in [6.45, 7) is 1.01. The van der Waals surface area contributed by atoms with Gasteiger partial charge in [-0.15, -0.1) is 0 Å². The molecule has 1 fully saturated rings. The number of amides is 3. The van der Waals surface area contributed by atoms with Gasteiger partial charge in [0.15, 0.2) is 11.5 Å². The van der Waals surface area contributed by atoms with Crippen molar-refractivity contribution in [2.75, 3.05) is 38.9 Å². The highest BCUT2D eigenvalue weighted by Gasteiger charge is 2.33. The number of carbonyl (C=O) groups excluding carboxylic acids is 2. The number of hydrogen-bond donors (Lipinski definition) is 4. The number of rotatable bonds is 7. The van der Waals surface area contributed by atoms with Crippen LogP contribution in [0.1, 0.15) is 13.3 Å². The topological polar surface area (TPSA) is 120 Å². The summed E-state index contributed by atoms with van der Waals surface area (Å²) in [6, 6.07) is 4.21. The molecule has 1 aromatic rings. The normalized spacial score (nSPS) is 17.2. The van der Waals surface area contributed by atoms with Crippen molar-refractivity contribution < 1.29 is 29.3 Å². The third-order valence-electron chi connectivity index (χ3n) is 4.25. The first-order valence-electron chi connectivity index (χ1n) is 8.18. The molecule has 144 valence electrons. The van der Waals surface area contributed by atoms with E-state index >= 15 is 0 Å². The highest BCUT2D eigenvalue weighted by molar-refractivity contribution is 5.97. The molecular weight excluding hydrogens is 342 g/mol. The van der Waals surface area contributed by atoms with Gasteiger partial charge in [-0.25, -0.2) is 4.79 Å². The lowest BCUT2D eigenvalue weighted by molar-refractivity contribution is -0.117. The number of aliphatic hydroxyl groups excluding tert-OH is 2. The van der Waals surface area contributed by atoms with Gasteiger partial charge in [0.25, 0.3) is 0 Å². The number of nitrogens with zero attached hydrogens (tertiary/aromatic N) is 1. The molecule has 0 aliphatic carbocycles. The largest absolute Gasteiger partial charge is 0.493 e. The van der Waals surface area contributed by atoms with Gasteiger partial charge in [0.2, 0.25) is 5.91 Å². The number of hydrogen-bond acceptors (Lipinski definition) is 6. The third-order valence-corrected chi connectivity index (χ3v) is 4.25. The summed E-state index contributed by atoms with van der Waals surface area (Å²) in [5, 5.41) is 23.7. The number of benzene rings is 1. The van der Waals surface area contributed by atoms with Gasteiger partial charge in [0.05, 0.1) is 39.0 Å². The number of anilines is 1. The smallest absolute Gasteiger partial charge is 0.315 e. The Morgan fingerprint density at radius 2 is 1.92 bits per heavy atom. The van der Waals surface area contributed by atoms with Crippen LogP contribution in [0.15, 0.2) is 18.2 Å². The van der Waals surface area contributed by atoms with Crippen molar-refractivity contribution in [3.63, 3.8) is 0 Å². The monoisotopic (exact) mass is 367 g/mol. The molecule has 2 rings (SSSR count). The van der Waals surface area contributed by atoms with Crippen LogP contribution in [0.5, 0.6) is 11.5 Å². The van der Waals surface area contributed by atoms with Crippen LogP contribution in [0.25, 0.3) is 0 Å². The van der Waals surface area contributed by atoms with Crippen LogP contribution in [0.3, 0.4) is 0 Å². The molecule has 1 saturated heterocycles. The summed E-state index contributed by atoms with van der Waals surface area (Å²) in [4.78, 5) is 25.9. The van der Waals surface area contributed by atoms with E-state index in [-0.39, 0.29) is 12.3 Å². The lowest BCUT2D eigenvalue weighted by Gasteiger charge is -2.27. The van der Waals surface area contributed by atoms with Crippen molar-refractivity contribution in [3.05, 3.63) is 18.2 Å². The minimum absolute atomic E-state index is 0.130. The van der Waals surface area contributed by atoms with Gasteiger partial charge in [-0.3, -0.25) is 4.79 Å². The molecule has 3 amide bonds. The molecule has 1 heterocycles. The molecule has 0 radical (unpaired) electrons. The van der Waals surface area contributed by atoms with Crippen molar-refractivity contribution in [2.24, 2.45) is 0 Å². The Morgan fingerprint density at radius 1 is 1.27 bits per heavy atom. The number of methoxy groups -OCH3 is 2. The van der Waals surface area contributed by atoms with E-state index in [4.69, 9.17) is 9.47 Å². The van der Waals surface area contributed by atoms with Gasteiger partial charge in [-0.2, -0.15) is 0 Å². The zero-order valence-corrected chi connectivity index (χ0v) is 15.1. The maximum atomic E-state index is 12.3. The zero-order chi connectivity index (χ0) is 19.3. The maximum absolute atomic E-state index is 12.3. The first-order valence-corrected chi connectivity index (χ1v) is 8.18. The average molecular weight is 367 g/mol. The minimum atomic E-state index is -1.13. The summed E-state index contributed by atoms with van der Waals surface area (Å²) >= 11 is 0. The van der Waals surface area contributed by atoms with Gasteiger partial charge in [0, 0.05) is 24.7 Å². The predicted octanol–water partition coefficient (Wildman–Crippen LogP) is -0.148. The molecule has 26 heavy (non-hydrogen) atoms. The van der Waals surface area contributed by atoms with Crippen molar-refractivity contribution in [1.29, 1.82) is 0 Å². The SMILES string of the molecule is COc1ccc(N2CC(NC(=O)NC(C)(CO)CO)CC2=O)cc1OC. The Bertz CT molecular complexity index is 662. The van der Waals surface area contributed by atoms with Crippen LogP contribution >= 0.6 is 0 Å². The van der Waals surface area contributed by atoms with E-state index in [9.17, 15) is 19.8 Å². The summed E-state index contributed by atoms with van der Waals surface area (Å²) in [5.41, 5.74) is -0.483. The number of ether oxygens (including phenoxy) is 2. The van der Waals surface area contributed by atoms with Crippen LogP contribution in [0, 0.1) is 0 Å². The Morgan fingerprint density at radius 3 is 2.50 bits per heavy atom. The van der Waals surface area contributed by atoms with E-state index in [1.807, 2.05) is 0 Å². The number of aliphatic hydroxyl groups is 2.